The van der Waals surface area contributed by atoms with Crippen LogP contribution in [-0.2, 0) is 9.84 Å². The van der Waals surface area contributed by atoms with Crippen molar-refractivity contribution in [2.75, 3.05) is 24.2 Å². The van der Waals surface area contributed by atoms with E-state index in [0.717, 1.165) is 24.8 Å². The fourth-order valence-corrected chi connectivity index (χ4v) is 3.65. The van der Waals surface area contributed by atoms with Crippen molar-refractivity contribution in [3.8, 4) is 0 Å². The number of hydrogen-bond donors (Lipinski definition) is 0. The first kappa shape index (κ1) is 12.0. The molecule has 1 aromatic heterocycles. The molecule has 2 fully saturated rings. The van der Waals surface area contributed by atoms with Crippen LogP contribution in [-0.4, -0.2) is 32.7 Å². The number of hydrogen-bond acceptors (Lipinski definition) is 4. The van der Waals surface area contributed by atoms with Crippen LogP contribution in [0.1, 0.15) is 19.8 Å². The van der Waals surface area contributed by atoms with Crippen molar-refractivity contribution < 1.29 is 8.42 Å². The van der Waals surface area contributed by atoms with Crippen LogP contribution < -0.4 is 4.90 Å². The molecule has 1 aliphatic heterocycles. The molecular formula is C13H18N2O2S. The Balaban J connectivity index is 1.79. The Morgan fingerprint density at radius 2 is 2.28 bits per heavy atom. The van der Waals surface area contributed by atoms with E-state index in [4.69, 9.17) is 0 Å². The predicted molar refractivity (Wildman–Crippen MR) is 70.4 cm³/mol. The first-order valence-corrected chi connectivity index (χ1v) is 8.25. The molecule has 98 valence electrons. The molecule has 0 radical (unpaired) electrons. The molecular weight excluding hydrogens is 248 g/mol. The fourth-order valence-electron chi connectivity index (χ4n) is 3.09. The summed E-state index contributed by atoms with van der Waals surface area (Å²) in [7, 11) is -3.14. The average molecular weight is 266 g/mol. The van der Waals surface area contributed by atoms with Gasteiger partial charge in [0, 0.05) is 25.5 Å². The SMILES string of the molecule is CCC12CC1CN(c1ccc(S(C)(=O)=O)cn1)C2. The molecule has 1 saturated heterocycles. The predicted octanol–water partition coefficient (Wildman–Crippen LogP) is 1.72. The van der Waals surface area contributed by atoms with Crippen LogP contribution in [0.15, 0.2) is 23.2 Å². The lowest BCUT2D eigenvalue weighted by molar-refractivity contribution is 0.509. The Morgan fingerprint density at radius 1 is 1.50 bits per heavy atom. The van der Waals surface area contributed by atoms with Crippen molar-refractivity contribution in [1.82, 2.24) is 4.98 Å². The van der Waals surface area contributed by atoms with Gasteiger partial charge >= 0.3 is 0 Å². The van der Waals surface area contributed by atoms with Gasteiger partial charge in [-0.25, -0.2) is 13.4 Å². The normalized spacial score (nSPS) is 30.3. The molecule has 1 aliphatic carbocycles. The summed E-state index contributed by atoms with van der Waals surface area (Å²) >= 11 is 0. The van der Waals surface area contributed by atoms with Gasteiger partial charge in [-0.2, -0.15) is 0 Å². The smallest absolute Gasteiger partial charge is 0.177 e. The fraction of sp³-hybridized carbons (Fsp3) is 0.615. The first-order chi connectivity index (χ1) is 8.44. The van der Waals surface area contributed by atoms with Crippen LogP contribution in [0.25, 0.3) is 0 Å². The lowest BCUT2D eigenvalue weighted by Gasteiger charge is -2.21. The van der Waals surface area contributed by atoms with Crippen LogP contribution in [0, 0.1) is 11.3 Å². The standard InChI is InChI=1S/C13H18N2O2S/c1-3-13-6-10(13)8-15(9-13)12-5-4-11(7-14-12)18(2,16)17/h4-5,7,10H,3,6,8-9H2,1-2H3. The lowest BCUT2D eigenvalue weighted by Crippen LogP contribution is -2.25. The maximum absolute atomic E-state index is 11.4. The molecule has 0 amide bonds. The minimum atomic E-state index is -3.14. The summed E-state index contributed by atoms with van der Waals surface area (Å²) in [5, 5.41) is 0. The number of anilines is 1. The zero-order valence-electron chi connectivity index (χ0n) is 10.8. The summed E-state index contributed by atoms with van der Waals surface area (Å²) < 4.78 is 22.7. The minimum Gasteiger partial charge on any atom is -0.356 e. The molecule has 5 heteroatoms. The summed E-state index contributed by atoms with van der Waals surface area (Å²) in [6.07, 6.45) is 5.26. The van der Waals surface area contributed by atoms with E-state index in [1.165, 1.54) is 25.3 Å². The summed E-state index contributed by atoms with van der Waals surface area (Å²) in [6.45, 7) is 4.39. The molecule has 4 nitrogen and oxygen atoms in total. The van der Waals surface area contributed by atoms with Gasteiger partial charge in [0.05, 0.1) is 4.90 Å². The van der Waals surface area contributed by atoms with Gasteiger partial charge in [-0.15, -0.1) is 0 Å². The van der Waals surface area contributed by atoms with Gasteiger partial charge in [0.2, 0.25) is 0 Å². The first-order valence-electron chi connectivity index (χ1n) is 6.36. The second-order valence-corrected chi connectivity index (χ2v) is 7.64. The van der Waals surface area contributed by atoms with Crippen LogP contribution in [0.5, 0.6) is 0 Å². The van der Waals surface area contributed by atoms with Gasteiger partial charge in [0.15, 0.2) is 9.84 Å². The molecule has 0 spiro atoms. The van der Waals surface area contributed by atoms with Crippen molar-refractivity contribution in [2.24, 2.45) is 11.3 Å². The third-order valence-electron chi connectivity index (χ3n) is 4.48. The van der Waals surface area contributed by atoms with E-state index in [-0.39, 0.29) is 0 Å². The van der Waals surface area contributed by atoms with Crippen molar-refractivity contribution in [3.05, 3.63) is 18.3 Å². The highest BCUT2D eigenvalue weighted by Crippen LogP contribution is 2.60. The van der Waals surface area contributed by atoms with Crippen molar-refractivity contribution >= 4 is 15.7 Å². The third-order valence-corrected chi connectivity index (χ3v) is 5.58. The molecule has 0 N–H and O–H groups in total. The highest BCUT2D eigenvalue weighted by atomic mass is 32.2. The topological polar surface area (TPSA) is 50.3 Å². The second-order valence-electron chi connectivity index (χ2n) is 5.62. The largest absolute Gasteiger partial charge is 0.356 e. The lowest BCUT2D eigenvalue weighted by atomic mass is 10.0. The Bertz CT molecular complexity index is 563. The quantitative estimate of drug-likeness (QED) is 0.836. The molecule has 2 atom stereocenters. The molecule has 0 bridgehead atoms. The van der Waals surface area contributed by atoms with E-state index in [0.29, 0.717) is 10.3 Å². The number of aromatic nitrogens is 1. The van der Waals surface area contributed by atoms with Crippen molar-refractivity contribution in [1.29, 1.82) is 0 Å². The zero-order chi connectivity index (χ0) is 13.0. The molecule has 2 aliphatic rings. The van der Waals surface area contributed by atoms with Gasteiger partial charge in [-0.05, 0) is 36.3 Å². The van der Waals surface area contributed by atoms with Gasteiger partial charge in [0.25, 0.3) is 0 Å². The summed E-state index contributed by atoms with van der Waals surface area (Å²) in [5.74, 6) is 1.72. The zero-order valence-corrected chi connectivity index (χ0v) is 11.6. The van der Waals surface area contributed by atoms with Crippen LogP contribution in [0.2, 0.25) is 0 Å². The van der Waals surface area contributed by atoms with E-state index in [2.05, 4.69) is 16.8 Å². The molecule has 18 heavy (non-hydrogen) atoms. The molecule has 0 aromatic carbocycles. The number of rotatable bonds is 3. The average Bonchev–Trinajstić information content (AvgIpc) is 2.91. The third kappa shape index (κ3) is 1.81. The Kier molecular flexibility index (Phi) is 2.46. The van der Waals surface area contributed by atoms with Crippen LogP contribution in [0.3, 0.4) is 0 Å². The van der Waals surface area contributed by atoms with E-state index in [1.54, 1.807) is 6.07 Å². The Morgan fingerprint density at radius 3 is 2.78 bits per heavy atom. The Labute approximate surface area is 108 Å². The monoisotopic (exact) mass is 266 g/mol. The van der Waals surface area contributed by atoms with E-state index in [1.807, 2.05) is 6.07 Å². The van der Waals surface area contributed by atoms with Crippen molar-refractivity contribution in [3.63, 3.8) is 0 Å². The van der Waals surface area contributed by atoms with Gasteiger partial charge in [-0.3, -0.25) is 0 Å². The van der Waals surface area contributed by atoms with Gasteiger partial charge < -0.3 is 4.90 Å². The number of fused-ring (bicyclic) bond motifs is 1. The number of sulfone groups is 1. The number of piperidine rings is 1. The molecule has 2 unspecified atom stereocenters. The number of nitrogens with zero attached hydrogens (tertiary/aromatic N) is 2. The van der Waals surface area contributed by atoms with Crippen LogP contribution >= 0.6 is 0 Å². The highest BCUT2D eigenvalue weighted by molar-refractivity contribution is 7.90. The maximum Gasteiger partial charge on any atom is 0.177 e. The highest BCUT2D eigenvalue weighted by Gasteiger charge is 2.58. The van der Waals surface area contributed by atoms with E-state index in [9.17, 15) is 8.42 Å². The van der Waals surface area contributed by atoms with Gasteiger partial charge in [-0.1, -0.05) is 6.92 Å². The molecule has 1 saturated carbocycles. The van der Waals surface area contributed by atoms with Gasteiger partial charge in [0.1, 0.15) is 5.82 Å². The minimum absolute atomic E-state index is 0.292. The van der Waals surface area contributed by atoms with E-state index >= 15 is 0 Å². The summed E-state index contributed by atoms with van der Waals surface area (Å²) in [4.78, 5) is 6.87. The van der Waals surface area contributed by atoms with Crippen molar-refractivity contribution in [2.45, 2.75) is 24.7 Å². The second kappa shape index (κ2) is 3.70. The molecule has 1 aromatic rings. The summed E-state index contributed by atoms with van der Waals surface area (Å²) in [5.41, 5.74) is 0.525. The molecule has 2 heterocycles. The van der Waals surface area contributed by atoms with Crippen LogP contribution in [0.4, 0.5) is 5.82 Å². The molecule has 3 rings (SSSR count). The summed E-state index contributed by atoms with van der Waals surface area (Å²) in [6, 6.07) is 3.48. The Hall–Kier alpha value is -1.10. The van der Waals surface area contributed by atoms with E-state index < -0.39 is 9.84 Å². The maximum atomic E-state index is 11.4. The number of pyridine rings is 1.